The van der Waals surface area contributed by atoms with Crippen molar-refractivity contribution in [3.05, 3.63) is 0 Å². The van der Waals surface area contributed by atoms with E-state index in [-0.39, 0.29) is 23.6 Å². The lowest BCUT2D eigenvalue weighted by Crippen LogP contribution is -2.33. The second-order valence-corrected chi connectivity index (χ2v) is 6.00. The van der Waals surface area contributed by atoms with Crippen molar-refractivity contribution in [3.63, 3.8) is 0 Å². The van der Waals surface area contributed by atoms with Crippen LogP contribution < -0.4 is 0 Å². The van der Waals surface area contributed by atoms with Crippen molar-refractivity contribution >= 4 is 11.8 Å². The van der Waals surface area contributed by atoms with E-state index < -0.39 is 5.92 Å². The van der Waals surface area contributed by atoms with Crippen molar-refractivity contribution in [2.75, 3.05) is 6.61 Å². The van der Waals surface area contributed by atoms with Gasteiger partial charge in [0, 0.05) is 5.92 Å². The maximum absolute atomic E-state index is 12.4. The zero-order chi connectivity index (χ0) is 12.0. The molecule has 0 saturated heterocycles. The van der Waals surface area contributed by atoms with Gasteiger partial charge in [-0.2, -0.15) is 0 Å². The van der Waals surface area contributed by atoms with Crippen molar-refractivity contribution in [2.24, 2.45) is 29.6 Å². The molecule has 0 aromatic heterocycles. The zero-order valence-corrected chi connectivity index (χ0v) is 10.4. The minimum atomic E-state index is -0.435. The number of esters is 1. The number of fused-ring (bicyclic) bond motifs is 1. The van der Waals surface area contributed by atoms with Gasteiger partial charge < -0.3 is 4.74 Å². The van der Waals surface area contributed by atoms with Crippen LogP contribution in [0.4, 0.5) is 0 Å². The minimum Gasteiger partial charge on any atom is -0.465 e. The van der Waals surface area contributed by atoms with E-state index in [9.17, 15) is 9.59 Å². The topological polar surface area (TPSA) is 43.4 Å². The summed E-state index contributed by atoms with van der Waals surface area (Å²) in [6, 6.07) is 0. The Morgan fingerprint density at radius 3 is 2.41 bits per heavy atom. The maximum Gasteiger partial charge on any atom is 0.316 e. The van der Waals surface area contributed by atoms with Crippen LogP contribution in [0.25, 0.3) is 0 Å². The quantitative estimate of drug-likeness (QED) is 0.545. The first-order chi connectivity index (χ1) is 8.19. The molecule has 17 heavy (non-hydrogen) atoms. The molecule has 0 N–H and O–H groups in total. The number of ether oxygens (including phenoxy) is 1. The van der Waals surface area contributed by atoms with Crippen molar-refractivity contribution in [1.29, 1.82) is 0 Å². The van der Waals surface area contributed by atoms with Gasteiger partial charge in [-0.3, -0.25) is 9.59 Å². The van der Waals surface area contributed by atoms with E-state index in [1.54, 1.807) is 0 Å². The van der Waals surface area contributed by atoms with E-state index in [4.69, 9.17) is 4.74 Å². The molecular weight excluding hydrogens is 216 g/mol. The van der Waals surface area contributed by atoms with Crippen molar-refractivity contribution in [2.45, 2.75) is 39.0 Å². The fraction of sp³-hybridized carbons (Fsp3) is 0.857. The zero-order valence-electron chi connectivity index (χ0n) is 10.4. The van der Waals surface area contributed by atoms with Crippen LogP contribution in [0.15, 0.2) is 0 Å². The summed E-state index contributed by atoms with van der Waals surface area (Å²) in [6.45, 7) is 2.19. The largest absolute Gasteiger partial charge is 0.465 e. The molecule has 4 bridgehead atoms. The highest BCUT2D eigenvalue weighted by atomic mass is 16.5. The lowest BCUT2D eigenvalue weighted by Gasteiger charge is -2.38. The number of ketones is 1. The molecule has 0 aromatic rings. The lowest BCUT2D eigenvalue weighted by molar-refractivity contribution is -0.154. The highest BCUT2D eigenvalue weighted by Crippen LogP contribution is 2.52. The van der Waals surface area contributed by atoms with Crippen molar-refractivity contribution < 1.29 is 14.3 Å². The highest BCUT2D eigenvalue weighted by Gasteiger charge is 2.51. The maximum atomic E-state index is 12.4. The minimum absolute atomic E-state index is 0.153. The summed E-state index contributed by atoms with van der Waals surface area (Å²) in [5.74, 6) is 1.32. The Bertz CT molecular complexity index is 335. The third-order valence-corrected chi connectivity index (χ3v) is 4.90. The Morgan fingerprint density at radius 2 is 1.82 bits per heavy atom. The summed E-state index contributed by atoms with van der Waals surface area (Å²) in [5.41, 5.74) is 0. The molecular formula is C14H20O3. The first-order valence-corrected chi connectivity index (χ1v) is 6.89. The van der Waals surface area contributed by atoms with E-state index in [2.05, 4.69) is 0 Å². The number of carbonyl (C=O) groups is 2. The molecule has 5 atom stereocenters. The van der Waals surface area contributed by atoms with E-state index in [1.165, 1.54) is 6.42 Å². The number of carbonyl (C=O) groups excluding carboxylic acids is 2. The first-order valence-electron chi connectivity index (χ1n) is 6.89. The van der Waals surface area contributed by atoms with Crippen LogP contribution in [0.3, 0.4) is 0 Å². The Balaban J connectivity index is 1.88. The van der Waals surface area contributed by atoms with Crippen molar-refractivity contribution in [3.8, 4) is 0 Å². The standard InChI is InChI=1S/C14H20O3/c1-2-17-14(16)12-10-4-8-3-9(5-10)7-11(6-8)13(12)15/h8-12H,2-7H2,1H3/t8-,9+,10?,11?,12?. The molecule has 4 aliphatic rings. The number of hydrogen-bond acceptors (Lipinski definition) is 3. The van der Waals surface area contributed by atoms with Gasteiger partial charge in [-0.1, -0.05) is 0 Å². The third-order valence-electron chi connectivity index (χ3n) is 4.90. The van der Waals surface area contributed by atoms with Gasteiger partial charge in [-0.05, 0) is 56.8 Å². The van der Waals surface area contributed by atoms with E-state index in [0.717, 1.165) is 25.7 Å². The summed E-state index contributed by atoms with van der Waals surface area (Å²) >= 11 is 0. The molecule has 0 radical (unpaired) electrons. The summed E-state index contributed by atoms with van der Waals surface area (Å²) in [4.78, 5) is 24.4. The van der Waals surface area contributed by atoms with Gasteiger partial charge in [-0.25, -0.2) is 0 Å². The average Bonchev–Trinajstić information content (AvgIpc) is 2.41. The fourth-order valence-electron chi connectivity index (χ4n) is 4.43. The molecule has 0 spiro atoms. The number of hydrogen-bond donors (Lipinski definition) is 0. The van der Waals surface area contributed by atoms with Crippen LogP contribution in [0.5, 0.6) is 0 Å². The Hall–Kier alpha value is -0.860. The van der Waals surface area contributed by atoms with Crippen LogP contribution in [-0.4, -0.2) is 18.4 Å². The predicted octanol–water partition coefficient (Wildman–Crippen LogP) is 2.19. The number of rotatable bonds is 2. The molecule has 0 aliphatic heterocycles. The molecule has 4 fully saturated rings. The van der Waals surface area contributed by atoms with Crippen molar-refractivity contribution in [1.82, 2.24) is 0 Å². The molecule has 4 rings (SSSR count). The molecule has 3 nitrogen and oxygen atoms in total. The molecule has 4 aliphatic carbocycles. The van der Waals surface area contributed by atoms with Gasteiger partial charge in [0.2, 0.25) is 0 Å². The van der Waals surface area contributed by atoms with Gasteiger partial charge in [-0.15, -0.1) is 0 Å². The average molecular weight is 236 g/mol. The lowest BCUT2D eigenvalue weighted by atomic mass is 9.67. The van der Waals surface area contributed by atoms with Gasteiger partial charge in [0.05, 0.1) is 6.61 Å². The fourth-order valence-corrected chi connectivity index (χ4v) is 4.43. The van der Waals surface area contributed by atoms with Crippen LogP contribution in [0, 0.1) is 29.6 Å². The molecule has 3 heteroatoms. The van der Waals surface area contributed by atoms with Crippen LogP contribution in [0.1, 0.15) is 39.0 Å². The molecule has 0 heterocycles. The van der Waals surface area contributed by atoms with E-state index in [1.807, 2.05) is 6.92 Å². The second kappa shape index (κ2) is 4.11. The molecule has 3 unspecified atom stereocenters. The van der Waals surface area contributed by atoms with Gasteiger partial charge >= 0.3 is 5.97 Å². The Kier molecular flexibility index (Phi) is 2.72. The van der Waals surface area contributed by atoms with Gasteiger partial charge in [0.1, 0.15) is 11.7 Å². The van der Waals surface area contributed by atoms with E-state index >= 15 is 0 Å². The smallest absolute Gasteiger partial charge is 0.316 e. The van der Waals surface area contributed by atoms with E-state index in [0.29, 0.717) is 18.4 Å². The predicted molar refractivity (Wildman–Crippen MR) is 62.2 cm³/mol. The Morgan fingerprint density at radius 1 is 1.18 bits per heavy atom. The summed E-state index contributed by atoms with van der Waals surface area (Å²) in [6.07, 6.45) is 5.49. The van der Waals surface area contributed by atoms with Crippen LogP contribution in [0.2, 0.25) is 0 Å². The van der Waals surface area contributed by atoms with Crippen LogP contribution >= 0.6 is 0 Å². The van der Waals surface area contributed by atoms with Gasteiger partial charge in [0.25, 0.3) is 0 Å². The third kappa shape index (κ3) is 1.80. The molecule has 4 saturated carbocycles. The summed E-state index contributed by atoms with van der Waals surface area (Å²) in [7, 11) is 0. The number of Topliss-reactive ketones (excluding diaryl/α,β-unsaturated/α-hetero) is 1. The Labute approximate surface area is 102 Å². The summed E-state index contributed by atoms with van der Waals surface area (Å²) in [5, 5.41) is 0. The summed E-state index contributed by atoms with van der Waals surface area (Å²) < 4.78 is 5.11. The highest BCUT2D eigenvalue weighted by molar-refractivity contribution is 6.01. The molecule has 0 amide bonds. The molecule has 0 aromatic carbocycles. The first kappa shape index (κ1) is 11.2. The molecule has 94 valence electrons. The van der Waals surface area contributed by atoms with Crippen LogP contribution in [-0.2, 0) is 14.3 Å². The monoisotopic (exact) mass is 236 g/mol. The second-order valence-electron chi connectivity index (χ2n) is 6.00. The normalized spacial score (nSPS) is 43.6. The van der Waals surface area contributed by atoms with Gasteiger partial charge in [0.15, 0.2) is 0 Å². The SMILES string of the molecule is CCOC(=O)C1C(=O)C2C[C@@H]3CC1C[C@H](C2)C3.